The summed E-state index contributed by atoms with van der Waals surface area (Å²) >= 11 is 1.41. The van der Waals surface area contributed by atoms with E-state index >= 15 is 0 Å². The molecule has 0 aliphatic heterocycles. The first kappa shape index (κ1) is 21.0. The van der Waals surface area contributed by atoms with Crippen LogP contribution in [0.1, 0.15) is 59.6 Å². The van der Waals surface area contributed by atoms with E-state index in [1.165, 1.54) is 22.9 Å². The van der Waals surface area contributed by atoms with Crippen molar-refractivity contribution in [1.29, 1.82) is 0 Å². The van der Waals surface area contributed by atoms with Gasteiger partial charge >= 0.3 is 11.7 Å². The number of carbonyl (C=O) groups is 2. The number of hydrogen-bond acceptors (Lipinski definition) is 7. The minimum absolute atomic E-state index is 0.137. The van der Waals surface area contributed by atoms with Gasteiger partial charge in [0, 0.05) is 4.88 Å². The highest BCUT2D eigenvalue weighted by atomic mass is 32.1. The maximum atomic E-state index is 12.8. The Kier molecular flexibility index (Phi) is 6.31. The minimum Gasteiger partial charge on any atom is -0.459 e. The molecule has 0 fully saturated rings. The number of nitro groups is 1. The molecule has 0 saturated heterocycles. The number of anilines is 1. The third kappa shape index (κ3) is 4.47. The van der Waals surface area contributed by atoms with E-state index in [4.69, 9.17) is 4.74 Å². The summed E-state index contributed by atoms with van der Waals surface area (Å²) in [5.74, 6) is -0.817. The summed E-state index contributed by atoms with van der Waals surface area (Å²) in [6.45, 7) is 5.14. The third-order valence-corrected chi connectivity index (χ3v) is 6.29. The van der Waals surface area contributed by atoms with Crippen molar-refractivity contribution in [2.75, 3.05) is 5.32 Å². The first-order valence-corrected chi connectivity index (χ1v) is 10.5. The summed E-state index contributed by atoms with van der Waals surface area (Å²) < 4.78 is 6.80. The van der Waals surface area contributed by atoms with Crippen molar-refractivity contribution in [2.45, 2.75) is 65.5 Å². The number of nitrogens with zero attached hydrogens (tertiary/aromatic N) is 3. The van der Waals surface area contributed by atoms with Crippen LogP contribution in [0.5, 0.6) is 0 Å². The molecule has 156 valence electrons. The van der Waals surface area contributed by atoms with E-state index < -0.39 is 16.8 Å². The molecule has 1 atom stereocenters. The molecule has 1 amide bonds. The number of esters is 1. The predicted octanol–water partition coefficient (Wildman–Crippen LogP) is 3.63. The fourth-order valence-electron chi connectivity index (χ4n) is 3.27. The maximum absolute atomic E-state index is 12.8. The first-order valence-electron chi connectivity index (χ1n) is 9.64. The highest BCUT2D eigenvalue weighted by Gasteiger charge is 2.28. The second-order valence-electron chi connectivity index (χ2n) is 7.12. The molecule has 2 aromatic rings. The van der Waals surface area contributed by atoms with Crippen molar-refractivity contribution < 1.29 is 19.2 Å². The summed E-state index contributed by atoms with van der Waals surface area (Å²) in [4.78, 5) is 36.9. The lowest BCUT2D eigenvalue weighted by Gasteiger charge is -2.15. The number of aryl methyl sites for hydroxylation is 1. The maximum Gasteiger partial charge on any atom is 0.341 e. The van der Waals surface area contributed by atoms with Gasteiger partial charge in [0.15, 0.2) is 0 Å². The molecule has 0 radical (unpaired) electrons. The number of rotatable bonds is 7. The molecule has 1 aliphatic carbocycles. The van der Waals surface area contributed by atoms with Crippen LogP contribution in [0.25, 0.3) is 0 Å². The summed E-state index contributed by atoms with van der Waals surface area (Å²) in [7, 11) is 0. The van der Waals surface area contributed by atoms with E-state index in [0.717, 1.165) is 42.3 Å². The van der Waals surface area contributed by atoms with Gasteiger partial charge in [0.2, 0.25) is 5.91 Å². The SMILES string of the molecule is CCC(C)OC(=O)c1c(NC(=O)Cn2ncc([N+](=O)[O-])c2C)sc2c1CCCC2. The standard InChI is InChI=1S/C19H24N4O5S/c1-4-11(2)28-19(25)17-13-7-5-6-8-15(13)29-18(17)21-16(24)10-22-12(3)14(9-20-22)23(26)27/h9,11H,4-8,10H2,1-3H3,(H,21,24). The van der Waals surface area contributed by atoms with Crippen LogP contribution in [0.3, 0.4) is 0 Å². The van der Waals surface area contributed by atoms with Gasteiger partial charge in [0.25, 0.3) is 0 Å². The second-order valence-corrected chi connectivity index (χ2v) is 8.22. The van der Waals surface area contributed by atoms with Gasteiger partial charge in [0.05, 0.1) is 16.6 Å². The Bertz CT molecular complexity index is 949. The Hall–Kier alpha value is -2.75. The van der Waals surface area contributed by atoms with Crippen molar-refractivity contribution in [3.8, 4) is 0 Å². The monoisotopic (exact) mass is 420 g/mol. The largest absolute Gasteiger partial charge is 0.459 e. The molecule has 0 bridgehead atoms. The van der Waals surface area contributed by atoms with Gasteiger partial charge in [-0.1, -0.05) is 6.92 Å². The van der Waals surface area contributed by atoms with Crippen molar-refractivity contribution in [1.82, 2.24) is 9.78 Å². The van der Waals surface area contributed by atoms with E-state index in [9.17, 15) is 19.7 Å². The first-order chi connectivity index (χ1) is 13.8. The Morgan fingerprint density at radius 2 is 2.14 bits per heavy atom. The molecule has 1 unspecified atom stereocenters. The number of nitrogens with one attached hydrogen (secondary N) is 1. The molecule has 10 heteroatoms. The van der Waals surface area contributed by atoms with E-state index in [1.54, 1.807) is 0 Å². The van der Waals surface area contributed by atoms with Gasteiger partial charge < -0.3 is 10.1 Å². The van der Waals surface area contributed by atoms with Gasteiger partial charge in [-0.25, -0.2) is 4.79 Å². The Labute approximate surface area is 172 Å². The number of aromatic nitrogens is 2. The molecule has 29 heavy (non-hydrogen) atoms. The Morgan fingerprint density at radius 1 is 1.41 bits per heavy atom. The van der Waals surface area contributed by atoms with Crippen molar-refractivity contribution in [2.24, 2.45) is 0 Å². The lowest BCUT2D eigenvalue weighted by atomic mass is 9.95. The van der Waals surface area contributed by atoms with Gasteiger partial charge in [-0.15, -0.1) is 11.3 Å². The number of thiophene rings is 1. The fraction of sp³-hybridized carbons (Fsp3) is 0.526. The van der Waals surface area contributed by atoms with E-state index in [0.29, 0.717) is 22.7 Å². The average Bonchev–Trinajstić information content (AvgIpc) is 3.21. The fourth-order valence-corrected chi connectivity index (χ4v) is 4.57. The molecular weight excluding hydrogens is 396 g/mol. The van der Waals surface area contributed by atoms with Crippen LogP contribution in [0.4, 0.5) is 10.7 Å². The number of amides is 1. The zero-order valence-corrected chi connectivity index (χ0v) is 17.5. The van der Waals surface area contributed by atoms with Gasteiger partial charge in [-0.3, -0.25) is 19.6 Å². The topological polar surface area (TPSA) is 116 Å². The lowest BCUT2D eigenvalue weighted by Crippen LogP contribution is -2.22. The van der Waals surface area contributed by atoms with Gasteiger partial charge in [-0.2, -0.15) is 5.10 Å². The van der Waals surface area contributed by atoms with Crippen molar-refractivity contribution >= 4 is 33.9 Å². The second kappa shape index (κ2) is 8.73. The smallest absolute Gasteiger partial charge is 0.341 e. The van der Waals surface area contributed by atoms with E-state index in [-0.39, 0.29) is 18.3 Å². The molecular formula is C19H24N4O5S. The molecule has 1 aliphatic rings. The van der Waals surface area contributed by atoms with Gasteiger partial charge in [-0.05, 0) is 51.5 Å². The number of hydrogen-bond donors (Lipinski definition) is 1. The normalized spacial score (nSPS) is 14.2. The number of ether oxygens (including phenoxy) is 1. The molecule has 3 rings (SSSR count). The minimum atomic E-state index is -0.535. The predicted molar refractivity (Wildman–Crippen MR) is 108 cm³/mol. The molecule has 0 spiro atoms. The molecule has 2 heterocycles. The summed E-state index contributed by atoms with van der Waals surface area (Å²) in [6.07, 6.45) is 5.34. The van der Waals surface area contributed by atoms with Crippen LogP contribution in [0.2, 0.25) is 0 Å². The highest BCUT2D eigenvalue weighted by molar-refractivity contribution is 7.17. The molecule has 0 saturated carbocycles. The Balaban J connectivity index is 1.82. The van der Waals surface area contributed by atoms with Crippen LogP contribution in [-0.2, 0) is 28.9 Å². The van der Waals surface area contributed by atoms with Crippen LogP contribution >= 0.6 is 11.3 Å². The van der Waals surface area contributed by atoms with Crippen molar-refractivity contribution in [3.05, 3.63) is 38.0 Å². The van der Waals surface area contributed by atoms with Crippen molar-refractivity contribution in [3.63, 3.8) is 0 Å². The molecule has 1 N–H and O–H groups in total. The third-order valence-electron chi connectivity index (χ3n) is 5.08. The molecule has 9 nitrogen and oxygen atoms in total. The highest BCUT2D eigenvalue weighted by Crippen LogP contribution is 2.38. The van der Waals surface area contributed by atoms with Crippen LogP contribution in [0.15, 0.2) is 6.20 Å². The summed E-state index contributed by atoms with van der Waals surface area (Å²) in [6, 6.07) is 0. The number of fused-ring (bicyclic) bond motifs is 1. The van der Waals surface area contributed by atoms with E-state index in [1.807, 2.05) is 13.8 Å². The zero-order chi connectivity index (χ0) is 21.1. The van der Waals surface area contributed by atoms with Crippen LogP contribution < -0.4 is 5.32 Å². The van der Waals surface area contributed by atoms with Gasteiger partial charge in [0.1, 0.15) is 23.4 Å². The average molecular weight is 420 g/mol. The zero-order valence-electron chi connectivity index (χ0n) is 16.7. The van der Waals surface area contributed by atoms with E-state index in [2.05, 4.69) is 10.4 Å². The molecule has 2 aromatic heterocycles. The summed E-state index contributed by atoms with van der Waals surface area (Å²) in [5.41, 5.74) is 1.58. The quantitative estimate of drug-likeness (QED) is 0.415. The Morgan fingerprint density at radius 3 is 2.79 bits per heavy atom. The number of carbonyl (C=O) groups excluding carboxylic acids is 2. The van der Waals surface area contributed by atoms with Crippen LogP contribution in [-0.4, -0.2) is 32.7 Å². The molecule has 0 aromatic carbocycles. The van der Waals surface area contributed by atoms with Crippen LogP contribution in [0, 0.1) is 17.0 Å². The summed E-state index contributed by atoms with van der Waals surface area (Å²) in [5, 5.41) is 18.2. The lowest BCUT2D eigenvalue weighted by molar-refractivity contribution is -0.385.